The third kappa shape index (κ3) is 2.37. The van der Waals surface area contributed by atoms with E-state index in [-0.39, 0.29) is 16.3 Å². The standard InChI is InChI=1S/C22H21N3O5/c1-22(2)20(28)19(27)15-13(30-22)9-12(29-4)14-17(15)25(3)21-16(18(14)26)23-10-7-5-6-8-11(10)24-21/h5-9,19-20,27-28H,1-4H3/t19-,20-/m0/s1. The number of aromatic nitrogens is 3. The van der Waals surface area contributed by atoms with Crippen molar-refractivity contribution in [1.82, 2.24) is 14.5 Å². The van der Waals surface area contributed by atoms with E-state index in [0.29, 0.717) is 39.3 Å². The Bertz CT molecular complexity index is 1410. The maximum absolute atomic E-state index is 13.5. The van der Waals surface area contributed by atoms with E-state index < -0.39 is 17.8 Å². The lowest BCUT2D eigenvalue weighted by molar-refractivity contribution is -0.111. The minimum Gasteiger partial charge on any atom is -0.496 e. The van der Waals surface area contributed by atoms with Crippen LogP contribution in [0.15, 0.2) is 35.1 Å². The number of para-hydroxylation sites is 2. The number of nitrogens with zero attached hydrogens (tertiary/aromatic N) is 3. The van der Waals surface area contributed by atoms with E-state index in [4.69, 9.17) is 9.47 Å². The van der Waals surface area contributed by atoms with Crippen LogP contribution < -0.4 is 14.9 Å². The number of benzene rings is 2. The van der Waals surface area contributed by atoms with E-state index in [0.717, 1.165) is 0 Å². The molecule has 1 aliphatic heterocycles. The van der Waals surface area contributed by atoms with Gasteiger partial charge in [-0.05, 0) is 26.0 Å². The van der Waals surface area contributed by atoms with E-state index in [1.807, 2.05) is 18.2 Å². The maximum atomic E-state index is 13.5. The second-order valence-electron chi connectivity index (χ2n) is 8.08. The average Bonchev–Trinajstić information content (AvgIpc) is 2.73. The van der Waals surface area contributed by atoms with Crippen LogP contribution in [0.2, 0.25) is 0 Å². The lowest BCUT2D eigenvalue weighted by Gasteiger charge is -2.40. The monoisotopic (exact) mass is 407 g/mol. The fraction of sp³-hybridized carbons (Fsp3) is 0.318. The van der Waals surface area contributed by atoms with Crippen LogP contribution in [0.3, 0.4) is 0 Å². The van der Waals surface area contributed by atoms with Crippen LogP contribution in [0.5, 0.6) is 11.5 Å². The van der Waals surface area contributed by atoms with Crippen molar-refractivity contribution in [1.29, 1.82) is 0 Å². The van der Waals surface area contributed by atoms with E-state index >= 15 is 0 Å². The van der Waals surface area contributed by atoms with Crippen LogP contribution in [-0.2, 0) is 7.05 Å². The van der Waals surface area contributed by atoms with E-state index in [9.17, 15) is 15.0 Å². The topological polar surface area (TPSA) is 107 Å². The van der Waals surface area contributed by atoms with Crippen LogP contribution in [0.1, 0.15) is 25.5 Å². The maximum Gasteiger partial charge on any atom is 0.221 e. The molecule has 0 radical (unpaired) electrons. The first-order chi connectivity index (χ1) is 14.2. The smallest absolute Gasteiger partial charge is 0.221 e. The minimum absolute atomic E-state index is 0.203. The minimum atomic E-state index is -1.26. The van der Waals surface area contributed by atoms with Gasteiger partial charge in [0.2, 0.25) is 5.43 Å². The number of fused-ring (bicyclic) bond motifs is 5. The molecule has 5 rings (SSSR count). The highest BCUT2D eigenvalue weighted by atomic mass is 16.5. The molecule has 0 bridgehead atoms. The summed E-state index contributed by atoms with van der Waals surface area (Å²) in [5, 5.41) is 21.9. The molecule has 0 aliphatic carbocycles. The van der Waals surface area contributed by atoms with Crippen molar-refractivity contribution in [3.63, 3.8) is 0 Å². The molecule has 2 atom stereocenters. The van der Waals surface area contributed by atoms with Crippen molar-refractivity contribution >= 4 is 33.1 Å². The molecule has 4 aromatic rings. The normalized spacial score (nSPS) is 20.3. The van der Waals surface area contributed by atoms with Crippen LogP contribution in [0.25, 0.3) is 33.1 Å². The quantitative estimate of drug-likeness (QED) is 0.466. The Balaban J connectivity index is 2.01. The van der Waals surface area contributed by atoms with Crippen LogP contribution in [0, 0.1) is 0 Å². The SMILES string of the molecule is COc1cc2c(c3c1c(=O)c1nc4ccccc4nc1n3C)[C@H](O)[C@H](O)C(C)(C)O2. The molecule has 1 aliphatic rings. The lowest BCUT2D eigenvalue weighted by atomic mass is 9.87. The van der Waals surface area contributed by atoms with Crippen LogP contribution in [-0.4, -0.2) is 43.6 Å². The van der Waals surface area contributed by atoms with Gasteiger partial charge in [0.15, 0.2) is 11.2 Å². The number of ether oxygens (including phenoxy) is 2. The number of hydrogen-bond donors (Lipinski definition) is 2. The second kappa shape index (κ2) is 6.13. The zero-order valence-electron chi connectivity index (χ0n) is 17.0. The third-order valence-corrected chi connectivity index (χ3v) is 5.81. The van der Waals surface area contributed by atoms with Crippen molar-refractivity contribution < 1.29 is 19.7 Å². The first kappa shape index (κ1) is 18.8. The number of methoxy groups -OCH3 is 1. The summed E-state index contributed by atoms with van der Waals surface area (Å²) in [4.78, 5) is 22.7. The molecule has 154 valence electrons. The average molecular weight is 407 g/mol. The molecule has 8 nitrogen and oxygen atoms in total. The first-order valence-electron chi connectivity index (χ1n) is 9.60. The summed E-state index contributed by atoms with van der Waals surface area (Å²) in [6.07, 6.45) is -2.44. The van der Waals surface area contributed by atoms with Crippen LogP contribution >= 0.6 is 0 Å². The molecule has 0 saturated carbocycles. The molecule has 0 fully saturated rings. The van der Waals surface area contributed by atoms with Crippen LogP contribution in [0.4, 0.5) is 0 Å². The molecule has 2 aromatic heterocycles. The second-order valence-corrected chi connectivity index (χ2v) is 8.08. The fourth-order valence-corrected chi connectivity index (χ4v) is 4.22. The molecule has 0 spiro atoms. The summed E-state index contributed by atoms with van der Waals surface area (Å²) in [5.74, 6) is 0.658. The molecule has 2 N–H and O–H groups in total. The highest BCUT2D eigenvalue weighted by Crippen LogP contribution is 2.46. The molecule has 8 heteroatoms. The molecule has 2 aromatic carbocycles. The van der Waals surface area contributed by atoms with Gasteiger partial charge in [-0.15, -0.1) is 0 Å². The van der Waals surface area contributed by atoms with Crippen molar-refractivity contribution in [3.8, 4) is 11.5 Å². The predicted octanol–water partition coefficient (Wildman–Crippen LogP) is 2.21. The summed E-state index contributed by atoms with van der Waals surface area (Å²) >= 11 is 0. The Morgan fingerprint density at radius 2 is 1.83 bits per heavy atom. The van der Waals surface area contributed by atoms with E-state index in [1.54, 1.807) is 37.6 Å². The number of hydrogen-bond acceptors (Lipinski definition) is 7. The van der Waals surface area contributed by atoms with Gasteiger partial charge in [0.05, 0.1) is 34.6 Å². The molecule has 0 amide bonds. The summed E-state index contributed by atoms with van der Waals surface area (Å²) in [5.41, 5.74) is 1.18. The molecule has 3 heterocycles. The van der Waals surface area contributed by atoms with Gasteiger partial charge >= 0.3 is 0 Å². The summed E-state index contributed by atoms with van der Waals surface area (Å²) in [6, 6.07) is 8.88. The summed E-state index contributed by atoms with van der Waals surface area (Å²) in [7, 11) is 3.21. The Morgan fingerprint density at radius 1 is 1.17 bits per heavy atom. The third-order valence-electron chi connectivity index (χ3n) is 5.81. The van der Waals surface area contributed by atoms with Gasteiger partial charge in [-0.25, -0.2) is 9.97 Å². The molecule has 30 heavy (non-hydrogen) atoms. The van der Waals surface area contributed by atoms with Gasteiger partial charge in [0.1, 0.15) is 29.3 Å². The highest BCUT2D eigenvalue weighted by Gasteiger charge is 2.44. The number of aryl methyl sites for hydroxylation is 1. The fourth-order valence-electron chi connectivity index (χ4n) is 4.22. The van der Waals surface area contributed by atoms with Gasteiger partial charge in [-0.3, -0.25) is 4.79 Å². The Labute approximate surface area is 171 Å². The lowest BCUT2D eigenvalue weighted by Crippen LogP contribution is -2.49. The highest BCUT2D eigenvalue weighted by molar-refractivity contribution is 5.99. The van der Waals surface area contributed by atoms with Gasteiger partial charge in [0, 0.05) is 13.1 Å². The molecular weight excluding hydrogens is 386 g/mol. The zero-order chi connectivity index (χ0) is 21.4. The van der Waals surface area contributed by atoms with Gasteiger partial charge < -0.3 is 24.3 Å². The summed E-state index contributed by atoms with van der Waals surface area (Å²) in [6.45, 7) is 3.38. The van der Waals surface area contributed by atoms with Crippen molar-refractivity contribution in [2.24, 2.45) is 7.05 Å². The number of aliphatic hydroxyl groups is 2. The number of aliphatic hydroxyl groups excluding tert-OH is 2. The van der Waals surface area contributed by atoms with Gasteiger partial charge in [-0.1, -0.05) is 12.1 Å². The van der Waals surface area contributed by atoms with Crippen molar-refractivity contribution in [2.75, 3.05) is 7.11 Å². The van der Waals surface area contributed by atoms with Gasteiger partial charge in [0.25, 0.3) is 0 Å². The Morgan fingerprint density at radius 3 is 2.50 bits per heavy atom. The van der Waals surface area contributed by atoms with E-state index in [1.165, 1.54) is 7.11 Å². The van der Waals surface area contributed by atoms with Gasteiger partial charge in [-0.2, -0.15) is 0 Å². The molecule has 0 saturated heterocycles. The number of rotatable bonds is 1. The Hall–Kier alpha value is -3.23. The summed E-state index contributed by atoms with van der Waals surface area (Å²) < 4.78 is 13.2. The molecule has 0 unspecified atom stereocenters. The first-order valence-corrected chi connectivity index (χ1v) is 9.60. The molecular formula is C22H21N3O5. The predicted molar refractivity (Wildman–Crippen MR) is 112 cm³/mol. The zero-order valence-corrected chi connectivity index (χ0v) is 17.0. The van der Waals surface area contributed by atoms with Crippen molar-refractivity contribution in [2.45, 2.75) is 31.7 Å². The largest absolute Gasteiger partial charge is 0.496 e. The Kier molecular flexibility index (Phi) is 3.84. The van der Waals surface area contributed by atoms with Crippen molar-refractivity contribution in [3.05, 3.63) is 46.1 Å². The van der Waals surface area contributed by atoms with E-state index in [2.05, 4.69) is 9.97 Å². The number of pyridine rings is 1.